The SMILES string of the molecule is CC(NCCOc1cccc(C(=O)O)c1)c1ccc(Cl)s1. The van der Waals surface area contributed by atoms with Gasteiger partial charge in [0.05, 0.1) is 9.90 Å². The van der Waals surface area contributed by atoms with E-state index in [1.54, 1.807) is 23.5 Å². The molecule has 0 fully saturated rings. The van der Waals surface area contributed by atoms with Gasteiger partial charge in [0, 0.05) is 17.5 Å². The predicted octanol–water partition coefficient (Wildman–Crippen LogP) is 3.83. The van der Waals surface area contributed by atoms with Crippen molar-refractivity contribution in [1.29, 1.82) is 0 Å². The first kappa shape index (κ1) is 15.8. The Hall–Kier alpha value is -1.56. The van der Waals surface area contributed by atoms with Crippen LogP contribution in [0.3, 0.4) is 0 Å². The van der Waals surface area contributed by atoms with E-state index in [-0.39, 0.29) is 11.6 Å². The number of carboxylic acids is 1. The van der Waals surface area contributed by atoms with Crippen molar-refractivity contribution in [3.8, 4) is 5.75 Å². The van der Waals surface area contributed by atoms with Gasteiger partial charge in [-0.05, 0) is 37.3 Å². The van der Waals surface area contributed by atoms with E-state index in [4.69, 9.17) is 21.4 Å². The summed E-state index contributed by atoms with van der Waals surface area (Å²) in [6.07, 6.45) is 0. The first-order valence-corrected chi connectivity index (χ1v) is 7.70. The summed E-state index contributed by atoms with van der Waals surface area (Å²) in [5.41, 5.74) is 0.224. The van der Waals surface area contributed by atoms with E-state index in [2.05, 4.69) is 12.2 Å². The Balaban J connectivity index is 1.77. The molecular weight excluding hydrogens is 310 g/mol. The molecule has 1 heterocycles. The van der Waals surface area contributed by atoms with Crippen LogP contribution in [-0.2, 0) is 0 Å². The Morgan fingerprint density at radius 1 is 1.43 bits per heavy atom. The van der Waals surface area contributed by atoms with Crippen LogP contribution < -0.4 is 10.1 Å². The number of hydrogen-bond acceptors (Lipinski definition) is 4. The predicted molar refractivity (Wildman–Crippen MR) is 84.6 cm³/mol. The highest BCUT2D eigenvalue weighted by molar-refractivity contribution is 7.16. The lowest BCUT2D eigenvalue weighted by Crippen LogP contribution is -2.23. The average Bonchev–Trinajstić information content (AvgIpc) is 2.90. The number of carboxylic acid groups (broad SMARTS) is 1. The molecule has 0 spiro atoms. The summed E-state index contributed by atoms with van der Waals surface area (Å²) in [6.45, 7) is 3.19. The van der Waals surface area contributed by atoms with Crippen molar-refractivity contribution < 1.29 is 14.6 Å². The van der Waals surface area contributed by atoms with Crippen LogP contribution in [0.1, 0.15) is 28.2 Å². The van der Waals surface area contributed by atoms with E-state index in [0.29, 0.717) is 18.9 Å². The number of carbonyl (C=O) groups is 1. The lowest BCUT2D eigenvalue weighted by molar-refractivity contribution is 0.0696. The fraction of sp³-hybridized carbons (Fsp3) is 0.267. The minimum atomic E-state index is -0.957. The third-order valence-corrected chi connectivity index (χ3v) is 4.34. The molecule has 21 heavy (non-hydrogen) atoms. The van der Waals surface area contributed by atoms with Crippen LogP contribution in [0.25, 0.3) is 0 Å². The second kappa shape index (κ2) is 7.45. The molecule has 0 saturated heterocycles. The third kappa shape index (κ3) is 4.74. The molecule has 0 aliphatic carbocycles. The molecule has 1 aromatic heterocycles. The van der Waals surface area contributed by atoms with Crippen molar-refractivity contribution in [3.05, 3.63) is 51.2 Å². The largest absolute Gasteiger partial charge is 0.492 e. The number of rotatable bonds is 7. The standard InChI is InChI=1S/C15H16ClNO3S/c1-10(13-5-6-14(16)21-13)17-7-8-20-12-4-2-3-11(9-12)15(18)19/h2-6,9-10,17H,7-8H2,1H3,(H,18,19). The van der Waals surface area contributed by atoms with E-state index < -0.39 is 5.97 Å². The Morgan fingerprint density at radius 2 is 2.24 bits per heavy atom. The molecule has 0 amide bonds. The third-order valence-electron chi connectivity index (χ3n) is 2.92. The first-order valence-electron chi connectivity index (χ1n) is 6.51. The van der Waals surface area contributed by atoms with Crippen molar-refractivity contribution in [2.75, 3.05) is 13.2 Å². The van der Waals surface area contributed by atoms with Gasteiger partial charge >= 0.3 is 5.97 Å². The molecule has 1 atom stereocenters. The van der Waals surface area contributed by atoms with Crippen molar-refractivity contribution in [2.45, 2.75) is 13.0 Å². The summed E-state index contributed by atoms with van der Waals surface area (Å²) >= 11 is 7.46. The molecule has 6 heteroatoms. The van der Waals surface area contributed by atoms with Gasteiger partial charge in [0.25, 0.3) is 0 Å². The molecule has 4 nitrogen and oxygen atoms in total. The Bertz CT molecular complexity index is 614. The molecule has 0 aliphatic heterocycles. The van der Waals surface area contributed by atoms with Gasteiger partial charge in [0.15, 0.2) is 0 Å². The maximum Gasteiger partial charge on any atom is 0.335 e. The van der Waals surface area contributed by atoms with Crippen LogP contribution in [0, 0.1) is 0 Å². The van der Waals surface area contributed by atoms with Gasteiger partial charge in [0.1, 0.15) is 12.4 Å². The van der Waals surface area contributed by atoms with Crippen molar-refractivity contribution in [2.24, 2.45) is 0 Å². The summed E-state index contributed by atoms with van der Waals surface area (Å²) in [7, 11) is 0. The second-order valence-electron chi connectivity index (χ2n) is 4.50. The Morgan fingerprint density at radius 3 is 2.90 bits per heavy atom. The zero-order valence-electron chi connectivity index (χ0n) is 11.5. The van der Waals surface area contributed by atoms with Crippen LogP contribution >= 0.6 is 22.9 Å². The first-order chi connectivity index (χ1) is 10.1. The van der Waals surface area contributed by atoms with Crippen LogP contribution in [-0.4, -0.2) is 24.2 Å². The number of thiophene rings is 1. The van der Waals surface area contributed by atoms with Crippen molar-refractivity contribution >= 4 is 28.9 Å². The molecule has 2 N–H and O–H groups in total. The van der Waals surface area contributed by atoms with Crippen LogP contribution in [0.5, 0.6) is 5.75 Å². The zero-order chi connectivity index (χ0) is 15.2. The molecule has 112 valence electrons. The van der Waals surface area contributed by atoms with E-state index in [9.17, 15) is 4.79 Å². The molecule has 2 aromatic rings. The highest BCUT2D eigenvalue weighted by atomic mass is 35.5. The van der Waals surface area contributed by atoms with Gasteiger partial charge in [-0.1, -0.05) is 17.7 Å². The lowest BCUT2D eigenvalue weighted by atomic mass is 10.2. The number of hydrogen-bond donors (Lipinski definition) is 2. The van der Waals surface area contributed by atoms with Crippen LogP contribution in [0.2, 0.25) is 4.34 Å². The number of aromatic carboxylic acids is 1. The molecule has 2 rings (SSSR count). The highest BCUT2D eigenvalue weighted by Crippen LogP contribution is 2.26. The number of halogens is 1. The minimum absolute atomic E-state index is 0.205. The quantitative estimate of drug-likeness (QED) is 0.760. The van der Waals surface area contributed by atoms with Crippen molar-refractivity contribution in [3.63, 3.8) is 0 Å². The topological polar surface area (TPSA) is 58.6 Å². The Labute approximate surface area is 132 Å². The van der Waals surface area contributed by atoms with Gasteiger partial charge in [-0.3, -0.25) is 0 Å². The molecule has 0 bridgehead atoms. The summed E-state index contributed by atoms with van der Waals surface area (Å²) < 4.78 is 6.32. The van der Waals surface area contributed by atoms with E-state index in [1.807, 2.05) is 12.1 Å². The average molecular weight is 326 g/mol. The minimum Gasteiger partial charge on any atom is -0.492 e. The van der Waals surface area contributed by atoms with Gasteiger partial charge in [-0.2, -0.15) is 0 Å². The fourth-order valence-electron chi connectivity index (χ4n) is 1.82. The van der Waals surface area contributed by atoms with Crippen LogP contribution in [0.15, 0.2) is 36.4 Å². The van der Waals surface area contributed by atoms with E-state index in [1.165, 1.54) is 17.0 Å². The fourth-order valence-corrected chi connectivity index (χ4v) is 2.91. The van der Waals surface area contributed by atoms with Gasteiger partial charge in [0.2, 0.25) is 0 Å². The molecule has 0 saturated carbocycles. The zero-order valence-corrected chi connectivity index (χ0v) is 13.1. The highest BCUT2D eigenvalue weighted by Gasteiger charge is 2.07. The Kier molecular flexibility index (Phi) is 5.61. The lowest BCUT2D eigenvalue weighted by Gasteiger charge is -2.12. The maximum absolute atomic E-state index is 10.9. The van der Waals surface area contributed by atoms with Crippen LogP contribution in [0.4, 0.5) is 0 Å². The van der Waals surface area contributed by atoms with Gasteiger partial charge < -0.3 is 15.2 Å². The number of ether oxygens (including phenoxy) is 1. The summed E-state index contributed by atoms with van der Waals surface area (Å²) in [5, 5.41) is 12.2. The molecule has 1 aromatic carbocycles. The summed E-state index contributed by atoms with van der Waals surface area (Å²) in [4.78, 5) is 12.0. The monoisotopic (exact) mass is 325 g/mol. The second-order valence-corrected chi connectivity index (χ2v) is 6.25. The van der Waals surface area contributed by atoms with E-state index in [0.717, 1.165) is 4.34 Å². The van der Waals surface area contributed by atoms with Gasteiger partial charge in [-0.25, -0.2) is 4.79 Å². The summed E-state index contributed by atoms with van der Waals surface area (Å²) in [5.74, 6) is -0.398. The molecule has 0 aliphatic rings. The van der Waals surface area contributed by atoms with Crippen molar-refractivity contribution in [1.82, 2.24) is 5.32 Å². The van der Waals surface area contributed by atoms with E-state index >= 15 is 0 Å². The maximum atomic E-state index is 10.9. The summed E-state index contributed by atoms with van der Waals surface area (Å²) in [6, 6.07) is 10.6. The number of benzene rings is 1. The van der Waals surface area contributed by atoms with Gasteiger partial charge in [-0.15, -0.1) is 11.3 Å². The smallest absolute Gasteiger partial charge is 0.335 e. The number of nitrogens with one attached hydrogen (secondary N) is 1. The molecule has 1 unspecified atom stereocenters. The normalized spacial score (nSPS) is 12.1. The molecular formula is C15H16ClNO3S. The molecule has 0 radical (unpaired) electrons.